The highest BCUT2D eigenvalue weighted by Gasteiger charge is 2.74. The highest BCUT2D eigenvalue weighted by molar-refractivity contribution is 9.11. The fourth-order valence-electron chi connectivity index (χ4n) is 5.52. The molecule has 1 spiro atoms. The van der Waals surface area contributed by atoms with Crippen LogP contribution in [0.3, 0.4) is 0 Å². The summed E-state index contributed by atoms with van der Waals surface area (Å²) in [4.78, 5) is 25.7. The van der Waals surface area contributed by atoms with Gasteiger partial charge >= 0.3 is 0 Å². The zero-order valence-electron chi connectivity index (χ0n) is 13.9. The van der Waals surface area contributed by atoms with Gasteiger partial charge in [-0.15, -0.1) is 0 Å². The van der Waals surface area contributed by atoms with Gasteiger partial charge in [0.2, 0.25) is 0 Å². The molecule has 0 N–H and O–H groups in total. The number of allylic oxidation sites excluding steroid dienone is 5. The van der Waals surface area contributed by atoms with E-state index in [1.165, 1.54) is 0 Å². The number of methoxy groups -OCH3 is 1. The summed E-state index contributed by atoms with van der Waals surface area (Å²) in [5.74, 6) is 1.43. The van der Waals surface area contributed by atoms with Crippen molar-refractivity contribution < 1.29 is 14.3 Å². The normalized spacial score (nSPS) is 44.1. The molecule has 122 valence electrons. The Kier molecular flexibility index (Phi) is 2.85. The summed E-state index contributed by atoms with van der Waals surface area (Å²) in [5.41, 5.74) is -0.626. The fourth-order valence-corrected chi connectivity index (χ4v) is 6.64. The minimum atomic E-state index is -0.684. The quantitative estimate of drug-likeness (QED) is 0.732. The van der Waals surface area contributed by atoms with Crippen LogP contribution in [-0.4, -0.2) is 18.7 Å². The van der Waals surface area contributed by atoms with Crippen LogP contribution in [-0.2, 0) is 14.3 Å². The van der Waals surface area contributed by atoms with Gasteiger partial charge in [0, 0.05) is 16.3 Å². The van der Waals surface area contributed by atoms with Crippen LogP contribution in [0.25, 0.3) is 0 Å². The minimum absolute atomic E-state index is 0.119. The lowest BCUT2D eigenvalue weighted by Crippen LogP contribution is -2.51. The maximum absolute atomic E-state index is 13.7. The average Bonchev–Trinajstić information content (AvgIpc) is 3.01. The van der Waals surface area contributed by atoms with Crippen LogP contribution >= 0.6 is 15.9 Å². The molecule has 2 bridgehead atoms. The predicted octanol–water partition coefficient (Wildman–Crippen LogP) is 3.95. The number of Topliss-reactive ketones (excluding diaryl/α,β-unsaturated/α-hetero) is 1. The van der Waals surface area contributed by atoms with E-state index in [9.17, 15) is 9.59 Å². The topological polar surface area (TPSA) is 43.4 Å². The first kappa shape index (κ1) is 15.4. The first-order chi connectivity index (χ1) is 10.7. The molecule has 4 rings (SSSR count). The largest absolute Gasteiger partial charge is 0.500 e. The van der Waals surface area contributed by atoms with Gasteiger partial charge in [0.1, 0.15) is 11.2 Å². The number of halogens is 1. The first-order valence-corrected chi connectivity index (χ1v) is 8.99. The monoisotopic (exact) mass is 376 g/mol. The van der Waals surface area contributed by atoms with Gasteiger partial charge < -0.3 is 4.74 Å². The summed E-state index contributed by atoms with van der Waals surface area (Å²) < 4.78 is 6.68. The van der Waals surface area contributed by atoms with Crippen molar-refractivity contribution in [2.75, 3.05) is 7.11 Å². The smallest absolute Gasteiger partial charge is 0.162 e. The van der Waals surface area contributed by atoms with Gasteiger partial charge in [0.25, 0.3) is 0 Å². The van der Waals surface area contributed by atoms with Crippen LogP contribution in [0.2, 0.25) is 0 Å². The van der Waals surface area contributed by atoms with Gasteiger partial charge in [0.05, 0.1) is 12.5 Å². The molecule has 4 aliphatic carbocycles. The molecule has 0 aromatic carbocycles. The molecule has 4 atom stereocenters. The molecule has 23 heavy (non-hydrogen) atoms. The molecule has 4 heteroatoms. The van der Waals surface area contributed by atoms with Crippen LogP contribution in [0, 0.1) is 28.1 Å². The highest BCUT2D eigenvalue weighted by Crippen LogP contribution is 2.74. The van der Waals surface area contributed by atoms with Crippen LogP contribution in [0.15, 0.2) is 34.0 Å². The molecule has 1 fully saturated rings. The minimum Gasteiger partial charge on any atom is -0.500 e. The van der Waals surface area contributed by atoms with Gasteiger partial charge in [-0.1, -0.05) is 48.4 Å². The molecule has 0 aromatic heterocycles. The third-order valence-corrected chi connectivity index (χ3v) is 7.63. The number of fused-ring (bicyclic) bond motifs is 3. The Hall–Kier alpha value is -1.16. The molecular weight excluding hydrogens is 356 g/mol. The van der Waals surface area contributed by atoms with Crippen molar-refractivity contribution in [3.8, 4) is 0 Å². The second-order valence-electron chi connectivity index (χ2n) is 7.84. The SMILES string of the molecule is COC1=C[C@]2(C)C3=CC(=O)C[C@H]3C[C@]23C(=O)[C@@]1(C(C)C)C=C3Br. The second-order valence-corrected chi connectivity index (χ2v) is 8.69. The van der Waals surface area contributed by atoms with Gasteiger partial charge in [-0.2, -0.15) is 0 Å². The Balaban J connectivity index is 2.06. The number of hydrogen-bond acceptors (Lipinski definition) is 3. The molecule has 0 saturated heterocycles. The first-order valence-electron chi connectivity index (χ1n) is 8.20. The van der Waals surface area contributed by atoms with Crippen molar-refractivity contribution in [2.45, 2.75) is 33.6 Å². The number of ether oxygens (including phenoxy) is 1. The van der Waals surface area contributed by atoms with Crippen molar-refractivity contribution in [1.82, 2.24) is 0 Å². The number of hydrogen-bond donors (Lipinski definition) is 0. The van der Waals surface area contributed by atoms with Crippen molar-refractivity contribution in [3.05, 3.63) is 34.0 Å². The Morgan fingerprint density at radius 3 is 2.61 bits per heavy atom. The van der Waals surface area contributed by atoms with E-state index < -0.39 is 16.2 Å². The number of rotatable bonds is 2. The Morgan fingerprint density at radius 2 is 2.00 bits per heavy atom. The van der Waals surface area contributed by atoms with Crippen LogP contribution in [0.1, 0.15) is 33.6 Å². The van der Waals surface area contributed by atoms with Gasteiger partial charge in [0.15, 0.2) is 11.6 Å². The summed E-state index contributed by atoms with van der Waals surface area (Å²) in [6.45, 7) is 6.24. The number of carbonyl (C=O) groups excluding carboxylic acids is 2. The van der Waals surface area contributed by atoms with E-state index in [0.29, 0.717) is 6.42 Å². The predicted molar refractivity (Wildman–Crippen MR) is 90.7 cm³/mol. The molecule has 4 aliphatic rings. The lowest BCUT2D eigenvalue weighted by Gasteiger charge is -2.47. The van der Waals surface area contributed by atoms with E-state index in [0.717, 1.165) is 22.2 Å². The zero-order valence-corrected chi connectivity index (χ0v) is 15.5. The van der Waals surface area contributed by atoms with Crippen molar-refractivity contribution in [1.29, 1.82) is 0 Å². The molecule has 0 radical (unpaired) electrons. The third-order valence-electron chi connectivity index (χ3n) is 6.73. The van der Waals surface area contributed by atoms with Gasteiger partial charge in [-0.05, 0) is 30.4 Å². The zero-order chi connectivity index (χ0) is 16.8. The maximum atomic E-state index is 13.7. The van der Waals surface area contributed by atoms with Crippen LogP contribution in [0.5, 0.6) is 0 Å². The number of carbonyl (C=O) groups is 2. The Labute approximate surface area is 145 Å². The highest BCUT2D eigenvalue weighted by atomic mass is 79.9. The van der Waals surface area contributed by atoms with E-state index in [-0.39, 0.29) is 23.4 Å². The third kappa shape index (κ3) is 1.39. The average molecular weight is 377 g/mol. The standard InChI is InChI=1S/C19H21BrO3/c1-10(2)18-8-14(20)19(16(18)22)7-11-5-12(21)6-13(11)17(19,3)9-15(18)23-4/h6,8-11H,5,7H2,1-4H3/t11-,17+,18+,19-/m0/s1. The molecular formula is C19H21BrO3. The molecule has 0 heterocycles. The lowest BCUT2D eigenvalue weighted by molar-refractivity contribution is -0.139. The van der Waals surface area contributed by atoms with Crippen molar-refractivity contribution >= 4 is 27.5 Å². The lowest BCUT2D eigenvalue weighted by atomic mass is 9.55. The van der Waals surface area contributed by atoms with E-state index in [2.05, 4.69) is 48.9 Å². The summed E-state index contributed by atoms with van der Waals surface area (Å²) in [6.07, 6.45) is 7.23. The molecule has 0 unspecified atom stereocenters. The molecule has 0 aliphatic heterocycles. The van der Waals surface area contributed by atoms with Gasteiger partial charge in [-0.3, -0.25) is 9.59 Å². The van der Waals surface area contributed by atoms with E-state index in [1.807, 2.05) is 0 Å². The summed E-state index contributed by atoms with van der Waals surface area (Å²) in [7, 11) is 1.64. The number of ketones is 2. The summed E-state index contributed by atoms with van der Waals surface area (Å²) in [6, 6.07) is 0. The molecule has 1 saturated carbocycles. The fraction of sp³-hybridized carbons (Fsp3) is 0.579. The molecule has 0 aromatic rings. The van der Waals surface area contributed by atoms with Crippen LogP contribution in [0.4, 0.5) is 0 Å². The Bertz CT molecular complexity index is 744. The van der Waals surface area contributed by atoms with Crippen molar-refractivity contribution in [2.24, 2.45) is 28.1 Å². The second kappa shape index (κ2) is 4.27. The van der Waals surface area contributed by atoms with E-state index in [1.54, 1.807) is 13.2 Å². The summed E-state index contributed by atoms with van der Waals surface area (Å²) >= 11 is 3.74. The van der Waals surface area contributed by atoms with Crippen LogP contribution < -0.4 is 0 Å². The van der Waals surface area contributed by atoms with Crippen molar-refractivity contribution in [3.63, 3.8) is 0 Å². The molecule has 0 amide bonds. The molecule has 3 nitrogen and oxygen atoms in total. The van der Waals surface area contributed by atoms with E-state index in [4.69, 9.17) is 4.74 Å². The van der Waals surface area contributed by atoms with E-state index >= 15 is 0 Å². The summed E-state index contributed by atoms with van der Waals surface area (Å²) in [5, 5.41) is 0. The van der Waals surface area contributed by atoms with Gasteiger partial charge in [-0.25, -0.2) is 0 Å². The Morgan fingerprint density at radius 1 is 1.30 bits per heavy atom. The maximum Gasteiger partial charge on any atom is 0.162 e.